The highest BCUT2D eigenvalue weighted by Gasteiger charge is 2.26. The zero-order valence-electron chi connectivity index (χ0n) is 15.4. The Balaban J connectivity index is 1.68. The van der Waals surface area contributed by atoms with Crippen LogP contribution in [0.5, 0.6) is 5.75 Å². The van der Waals surface area contributed by atoms with Crippen LogP contribution in [0.3, 0.4) is 0 Å². The molecule has 5 nitrogen and oxygen atoms in total. The lowest BCUT2D eigenvalue weighted by molar-refractivity contribution is -0.155. The van der Waals surface area contributed by atoms with Crippen LogP contribution in [-0.4, -0.2) is 30.6 Å². The fourth-order valence-corrected chi connectivity index (χ4v) is 3.03. The Bertz CT molecular complexity index is 570. The molecule has 3 unspecified atom stereocenters. The van der Waals surface area contributed by atoms with E-state index in [0.29, 0.717) is 5.92 Å². The van der Waals surface area contributed by atoms with Crippen molar-refractivity contribution in [3.8, 4) is 5.75 Å². The Hall–Kier alpha value is -2.04. The van der Waals surface area contributed by atoms with Crippen molar-refractivity contribution in [2.75, 3.05) is 6.61 Å². The number of amides is 1. The molecule has 5 heteroatoms. The van der Waals surface area contributed by atoms with Gasteiger partial charge in [0.25, 0.3) is 5.91 Å². The van der Waals surface area contributed by atoms with E-state index in [2.05, 4.69) is 12.2 Å². The normalized spacial score (nSPS) is 21.2. The number of hydrogen-bond acceptors (Lipinski definition) is 4. The first-order chi connectivity index (χ1) is 12.0. The quantitative estimate of drug-likeness (QED) is 0.768. The average molecular weight is 347 g/mol. The van der Waals surface area contributed by atoms with Gasteiger partial charge in [0.05, 0.1) is 13.0 Å². The molecule has 2 rings (SSSR count). The molecule has 138 valence electrons. The molecule has 0 aliphatic heterocycles. The first kappa shape index (κ1) is 19.3. The van der Waals surface area contributed by atoms with Gasteiger partial charge in [-0.2, -0.15) is 0 Å². The zero-order chi connectivity index (χ0) is 18.2. The molecule has 1 aliphatic carbocycles. The van der Waals surface area contributed by atoms with Crippen molar-refractivity contribution in [1.29, 1.82) is 0 Å². The van der Waals surface area contributed by atoms with Gasteiger partial charge in [-0.1, -0.05) is 37.5 Å². The molecule has 1 aliphatic rings. The first-order valence-corrected chi connectivity index (χ1v) is 9.15. The maximum atomic E-state index is 12.2. The van der Waals surface area contributed by atoms with E-state index in [1.165, 1.54) is 6.42 Å². The number of benzene rings is 1. The molecule has 3 atom stereocenters. The molecule has 1 amide bonds. The molecular formula is C20H29NO4. The van der Waals surface area contributed by atoms with Crippen molar-refractivity contribution >= 4 is 11.9 Å². The molecule has 1 N–H and O–H groups in total. The van der Waals surface area contributed by atoms with Crippen LogP contribution in [0.15, 0.2) is 24.3 Å². The van der Waals surface area contributed by atoms with E-state index in [4.69, 9.17) is 9.47 Å². The third-order valence-electron chi connectivity index (χ3n) is 4.71. The van der Waals surface area contributed by atoms with Crippen molar-refractivity contribution in [1.82, 2.24) is 5.32 Å². The molecule has 0 heterocycles. The first-order valence-electron chi connectivity index (χ1n) is 9.15. The predicted molar refractivity (Wildman–Crippen MR) is 96.4 cm³/mol. The fraction of sp³-hybridized carbons (Fsp3) is 0.600. The SMILES string of the molecule is Cc1ccc(OCCC(=O)OC(C)C(=O)NC2CCCCC2C)cc1. The van der Waals surface area contributed by atoms with Gasteiger partial charge in [-0.15, -0.1) is 0 Å². The summed E-state index contributed by atoms with van der Waals surface area (Å²) in [5.41, 5.74) is 1.15. The van der Waals surface area contributed by atoms with Crippen LogP contribution in [-0.2, 0) is 14.3 Å². The van der Waals surface area contributed by atoms with Crippen LogP contribution in [0.1, 0.15) is 51.5 Å². The van der Waals surface area contributed by atoms with Crippen LogP contribution in [0, 0.1) is 12.8 Å². The molecule has 1 fully saturated rings. The second-order valence-corrected chi connectivity index (χ2v) is 6.92. The smallest absolute Gasteiger partial charge is 0.310 e. The second-order valence-electron chi connectivity index (χ2n) is 6.92. The number of hydrogen-bond donors (Lipinski definition) is 1. The van der Waals surface area contributed by atoms with Gasteiger partial charge in [-0.25, -0.2) is 0 Å². The van der Waals surface area contributed by atoms with Crippen LogP contribution in [0.4, 0.5) is 0 Å². The second kappa shape index (κ2) is 9.44. The monoisotopic (exact) mass is 347 g/mol. The number of ether oxygens (including phenoxy) is 2. The maximum Gasteiger partial charge on any atom is 0.310 e. The number of carbonyl (C=O) groups excluding carboxylic acids is 2. The van der Waals surface area contributed by atoms with Crippen molar-refractivity contribution in [3.05, 3.63) is 29.8 Å². The molecule has 1 aromatic carbocycles. The van der Waals surface area contributed by atoms with Crippen molar-refractivity contribution < 1.29 is 19.1 Å². The summed E-state index contributed by atoms with van der Waals surface area (Å²) in [6, 6.07) is 7.82. The Morgan fingerprint density at radius 1 is 1.20 bits per heavy atom. The molecule has 0 aromatic heterocycles. The van der Waals surface area contributed by atoms with Crippen LogP contribution in [0.25, 0.3) is 0 Å². The van der Waals surface area contributed by atoms with Gasteiger partial charge in [-0.3, -0.25) is 9.59 Å². The molecule has 1 aromatic rings. The number of rotatable bonds is 7. The average Bonchev–Trinajstić information content (AvgIpc) is 2.58. The fourth-order valence-electron chi connectivity index (χ4n) is 3.03. The van der Waals surface area contributed by atoms with Crippen molar-refractivity contribution in [2.45, 2.75) is 65.0 Å². The topological polar surface area (TPSA) is 64.6 Å². The van der Waals surface area contributed by atoms with E-state index in [1.54, 1.807) is 6.92 Å². The third-order valence-corrected chi connectivity index (χ3v) is 4.71. The largest absolute Gasteiger partial charge is 0.493 e. The minimum absolute atomic E-state index is 0.116. The van der Waals surface area contributed by atoms with Crippen LogP contribution < -0.4 is 10.1 Å². The minimum atomic E-state index is -0.777. The van der Waals surface area contributed by atoms with Gasteiger partial charge in [-0.05, 0) is 44.7 Å². The van der Waals surface area contributed by atoms with Crippen molar-refractivity contribution in [2.24, 2.45) is 5.92 Å². The number of esters is 1. The summed E-state index contributed by atoms with van der Waals surface area (Å²) in [5, 5.41) is 3.01. The van der Waals surface area contributed by atoms with Gasteiger partial charge in [0.15, 0.2) is 6.10 Å². The molecule has 0 saturated heterocycles. The molecule has 0 bridgehead atoms. The van der Waals surface area contributed by atoms with E-state index in [-0.39, 0.29) is 25.0 Å². The summed E-state index contributed by atoms with van der Waals surface area (Å²) in [4.78, 5) is 24.1. The highest BCUT2D eigenvalue weighted by atomic mass is 16.5. The lowest BCUT2D eigenvalue weighted by Gasteiger charge is -2.30. The van der Waals surface area contributed by atoms with Gasteiger partial charge in [0.2, 0.25) is 0 Å². The summed E-state index contributed by atoms with van der Waals surface area (Å²) in [6.45, 7) is 6.00. The molecule has 1 saturated carbocycles. The number of nitrogens with one attached hydrogen (secondary N) is 1. The van der Waals surface area contributed by atoms with Gasteiger partial charge < -0.3 is 14.8 Å². The Morgan fingerprint density at radius 2 is 1.88 bits per heavy atom. The van der Waals surface area contributed by atoms with E-state index in [9.17, 15) is 9.59 Å². The van der Waals surface area contributed by atoms with E-state index in [0.717, 1.165) is 30.6 Å². The predicted octanol–water partition coefficient (Wildman–Crippen LogP) is 3.39. The van der Waals surface area contributed by atoms with Crippen LogP contribution in [0.2, 0.25) is 0 Å². The van der Waals surface area contributed by atoms with E-state index < -0.39 is 12.1 Å². The van der Waals surface area contributed by atoms with E-state index in [1.807, 2.05) is 31.2 Å². The van der Waals surface area contributed by atoms with Gasteiger partial charge in [0.1, 0.15) is 5.75 Å². The minimum Gasteiger partial charge on any atom is -0.493 e. The molecular weight excluding hydrogens is 318 g/mol. The standard InChI is InChI=1S/C20H29NO4/c1-14-8-10-17(11-9-14)24-13-12-19(22)25-16(3)20(23)21-18-7-5-4-6-15(18)2/h8-11,15-16,18H,4-7,12-13H2,1-3H3,(H,21,23). The van der Waals surface area contributed by atoms with Crippen molar-refractivity contribution in [3.63, 3.8) is 0 Å². The maximum absolute atomic E-state index is 12.2. The molecule has 0 spiro atoms. The van der Waals surface area contributed by atoms with Crippen LogP contribution >= 0.6 is 0 Å². The highest BCUT2D eigenvalue weighted by molar-refractivity contribution is 5.83. The number of carbonyl (C=O) groups is 2. The third kappa shape index (κ3) is 6.40. The molecule has 25 heavy (non-hydrogen) atoms. The Morgan fingerprint density at radius 3 is 2.56 bits per heavy atom. The van der Waals surface area contributed by atoms with E-state index >= 15 is 0 Å². The summed E-state index contributed by atoms with van der Waals surface area (Å²) in [7, 11) is 0. The Labute approximate surface area is 150 Å². The summed E-state index contributed by atoms with van der Waals surface area (Å²) in [5.74, 6) is 0.553. The summed E-state index contributed by atoms with van der Waals surface area (Å²) >= 11 is 0. The number of aryl methyl sites for hydroxylation is 1. The lowest BCUT2D eigenvalue weighted by Crippen LogP contribution is -2.46. The van der Waals surface area contributed by atoms with Gasteiger partial charge in [0, 0.05) is 6.04 Å². The summed E-state index contributed by atoms with van der Waals surface area (Å²) < 4.78 is 10.7. The van der Waals surface area contributed by atoms with Gasteiger partial charge >= 0.3 is 5.97 Å². The molecule has 0 radical (unpaired) electrons. The lowest BCUT2D eigenvalue weighted by atomic mass is 9.86. The summed E-state index contributed by atoms with van der Waals surface area (Å²) in [6.07, 6.45) is 3.83. The Kier molecular flexibility index (Phi) is 7.29. The highest BCUT2D eigenvalue weighted by Crippen LogP contribution is 2.23. The zero-order valence-corrected chi connectivity index (χ0v) is 15.4.